The molecule has 1 fully saturated rings. The number of para-hydroxylation sites is 2. The number of amides is 1. The van der Waals surface area contributed by atoms with Crippen molar-refractivity contribution in [3.8, 4) is 0 Å². The van der Waals surface area contributed by atoms with Crippen molar-refractivity contribution in [2.75, 3.05) is 30.4 Å². The van der Waals surface area contributed by atoms with Crippen molar-refractivity contribution in [2.45, 2.75) is 24.9 Å². The number of aromatic nitrogens is 2. The second-order valence-electron chi connectivity index (χ2n) is 6.49. The van der Waals surface area contributed by atoms with Gasteiger partial charge in [-0.2, -0.15) is 11.8 Å². The highest BCUT2D eigenvalue weighted by atomic mass is 32.2. The molecule has 0 saturated carbocycles. The fourth-order valence-corrected chi connectivity index (χ4v) is 4.12. The van der Waals surface area contributed by atoms with Gasteiger partial charge in [0.05, 0.1) is 11.0 Å². The van der Waals surface area contributed by atoms with E-state index >= 15 is 0 Å². The highest BCUT2D eigenvalue weighted by Crippen LogP contribution is 2.39. The third kappa shape index (κ3) is 2.74. The Hall–Kier alpha value is -2.22. The number of benzene rings is 1. The molecule has 4 rings (SSSR count). The highest BCUT2D eigenvalue weighted by Gasteiger charge is 2.42. The molecule has 0 unspecified atom stereocenters. The molecule has 0 bridgehead atoms. The van der Waals surface area contributed by atoms with Gasteiger partial charge in [-0.3, -0.25) is 14.7 Å². The van der Waals surface area contributed by atoms with Gasteiger partial charge in [-0.25, -0.2) is 9.98 Å². The molecule has 7 nitrogen and oxygen atoms in total. The summed E-state index contributed by atoms with van der Waals surface area (Å²) in [6, 6.07) is 8.04. The van der Waals surface area contributed by atoms with Crippen LogP contribution in [0.25, 0.3) is 11.0 Å². The molecule has 1 amide bonds. The van der Waals surface area contributed by atoms with Crippen LogP contribution in [0, 0.1) is 0 Å². The van der Waals surface area contributed by atoms with Crippen molar-refractivity contribution in [3.63, 3.8) is 0 Å². The quantitative estimate of drug-likeness (QED) is 0.873. The van der Waals surface area contributed by atoms with Crippen LogP contribution < -0.4 is 11.1 Å². The van der Waals surface area contributed by atoms with Gasteiger partial charge in [-0.15, -0.1) is 0 Å². The van der Waals surface area contributed by atoms with E-state index < -0.39 is 5.66 Å². The largest absolute Gasteiger partial charge is 0.370 e. The standard InChI is InChI=1S/C17H22N6OS/c1-25-11-6-14(24)22-9-7-17(8-10-22)21-15(18)20-16-19-12-4-2-3-5-13(12)23(16)17/h2-5H,6-11H2,1H3,(H3,18,19,20,21). The number of nitrogens with one attached hydrogen (secondary N) is 1. The maximum atomic E-state index is 12.3. The topological polar surface area (TPSA) is 88.5 Å². The number of nitrogens with zero attached hydrogens (tertiary/aromatic N) is 4. The molecule has 1 spiro atoms. The van der Waals surface area contributed by atoms with Gasteiger partial charge in [0.1, 0.15) is 5.66 Å². The van der Waals surface area contributed by atoms with Gasteiger partial charge in [0, 0.05) is 38.1 Å². The van der Waals surface area contributed by atoms with Gasteiger partial charge in [-0.1, -0.05) is 12.1 Å². The van der Waals surface area contributed by atoms with Crippen LogP contribution in [-0.2, 0) is 10.5 Å². The number of fused-ring (bicyclic) bond motifs is 4. The second kappa shape index (κ2) is 6.25. The molecule has 132 valence electrons. The van der Waals surface area contributed by atoms with E-state index in [1.807, 2.05) is 29.4 Å². The lowest BCUT2D eigenvalue weighted by molar-refractivity contribution is -0.132. The molecule has 8 heteroatoms. The van der Waals surface area contributed by atoms with E-state index in [1.54, 1.807) is 11.8 Å². The van der Waals surface area contributed by atoms with E-state index in [-0.39, 0.29) is 5.91 Å². The predicted octanol–water partition coefficient (Wildman–Crippen LogP) is 1.80. The number of likely N-dealkylation sites (tertiary alicyclic amines) is 1. The second-order valence-corrected chi connectivity index (χ2v) is 7.47. The van der Waals surface area contributed by atoms with E-state index in [4.69, 9.17) is 10.7 Å². The number of carbonyl (C=O) groups excluding carboxylic acids is 1. The maximum absolute atomic E-state index is 12.3. The summed E-state index contributed by atoms with van der Waals surface area (Å²) in [5.41, 5.74) is 7.55. The molecule has 2 aliphatic heterocycles. The normalized spacial score (nSPS) is 18.8. The molecule has 0 aliphatic carbocycles. The lowest BCUT2D eigenvalue weighted by Gasteiger charge is -2.42. The van der Waals surface area contributed by atoms with Crippen molar-refractivity contribution in [3.05, 3.63) is 24.3 Å². The van der Waals surface area contributed by atoms with Gasteiger partial charge in [0.15, 0.2) is 5.96 Å². The number of rotatable bonds is 3. The van der Waals surface area contributed by atoms with Crippen LogP contribution in [0.5, 0.6) is 0 Å². The van der Waals surface area contributed by atoms with Gasteiger partial charge in [0.25, 0.3) is 0 Å². The molecule has 0 radical (unpaired) electrons. The van der Waals surface area contributed by atoms with Crippen molar-refractivity contribution in [1.29, 1.82) is 0 Å². The first-order chi connectivity index (χ1) is 12.1. The van der Waals surface area contributed by atoms with Gasteiger partial charge in [0.2, 0.25) is 11.9 Å². The zero-order valence-corrected chi connectivity index (χ0v) is 15.1. The first-order valence-electron chi connectivity index (χ1n) is 8.50. The Kier molecular flexibility index (Phi) is 4.07. The molecule has 3 heterocycles. The number of anilines is 1. The van der Waals surface area contributed by atoms with Crippen LogP contribution >= 0.6 is 11.8 Å². The molecule has 2 aromatic rings. The Morgan fingerprint density at radius 3 is 2.88 bits per heavy atom. The average Bonchev–Trinajstić information content (AvgIpc) is 2.99. The van der Waals surface area contributed by atoms with Gasteiger partial charge >= 0.3 is 0 Å². The fourth-order valence-electron chi connectivity index (χ4n) is 3.75. The number of carbonyl (C=O) groups is 1. The van der Waals surface area contributed by atoms with Crippen LogP contribution in [0.4, 0.5) is 5.95 Å². The summed E-state index contributed by atoms with van der Waals surface area (Å²) in [5, 5.41) is 3.08. The number of piperidine rings is 1. The van der Waals surface area contributed by atoms with Crippen molar-refractivity contribution >= 4 is 40.6 Å². The SMILES string of the molecule is CSCCC(=O)N1CCC2(CC1)N=C(N)Nc1nc3ccccc3n12. The number of hydrogen-bond acceptors (Lipinski definition) is 6. The van der Waals surface area contributed by atoms with Crippen LogP contribution in [0.1, 0.15) is 19.3 Å². The maximum Gasteiger partial charge on any atom is 0.223 e. The van der Waals surface area contributed by atoms with E-state index in [1.165, 1.54) is 0 Å². The van der Waals surface area contributed by atoms with E-state index in [0.717, 1.165) is 35.6 Å². The van der Waals surface area contributed by atoms with Crippen molar-refractivity contribution in [1.82, 2.24) is 14.5 Å². The number of imidazole rings is 1. The summed E-state index contributed by atoms with van der Waals surface area (Å²) >= 11 is 1.70. The molecule has 1 saturated heterocycles. The fraction of sp³-hybridized carbons (Fsp3) is 0.471. The van der Waals surface area contributed by atoms with Crippen LogP contribution in [0.3, 0.4) is 0 Å². The number of aliphatic imine (C=N–C) groups is 1. The molecule has 3 N–H and O–H groups in total. The Labute approximate surface area is 150 Å². The molecule has 2 aliphatic rings. The summed E-state index contributed by atoms with van der Waals surface area (Å²) in [6.45, 7) is 1.38. The third-order valence-electron chi connectivity index (χ3n) is 4.98. The lowest BCUT2D eigenvalue weighted by Crippen LogP contribution is -2.50. The van der Waals surface area contributed by atoms with E-state index in [2.05, 4.69) is 20.9 Å². The van der Waals surface area contributed by atoms with Crippen LogP contribution in [0.15, 0.2) is 29.3 Å². The molecule has 25 heavy (non-hydrogen) atoms. The lowest BCUT2D eigenvalue weighted by atomic mass is 9.95. The molecule has 0 atom stereocenters. The third-order valence-corrected chi connectivity index (χ3v) is 5.59. The van der Waals surface area contributed by atoms with Crippen LogP contribution in [0.2, 0.25) is 0 Å². The minimum absolute atomic E-state index is 0.228. The summed E-state index contributed by atoms with van der Waals surface area (Å²) in [5.74, 6) is 2.22. The molecular weight excluding hydrogens is 336 g/mol. The average molecular weight is 358 g/mol. The molecule has 1 aromatic carbocycles. The molecule has 1 aromatic heterocycles. The van der Waals surface area contributed by atoms with Gasteiger partial charge in [-0.05, 0) is 18.4 Å². The number of hydrogen-bond donors (Lipinski definition) is 2. The number of guanidine groups is 1. The Morgan fingerprint density at radius 1 is 1.36 bits per heavy atom. The summed E-state index contributed by atoms with van der Waals surface area (Å²) in [6.07, 6.45) is 4.11. The predicted molar refractivity (Wildman–Crippen MR) is 102 cm³/mol. The zero-order valence-electron chi connectivity index (χ0n) is 14.2. The Balaban J connectivity index is 1.65. The van der Waals surface area contributed by atoms with Crippen molar-refractivity contribution in [2.24, 2.45) is 10.7 Å². The number of thioether (sulfide) groups is 1. The Bertz CT molecular complexity index is 837. The summed E-state index contributed by atoms with van der Waals surface area (Å²) in [7, 11) is 0. The zero-order chi connectivity index (χ0) is 17.4. The number of nitrogens with two attached hydrogens (primary N) is 1. The first kappa shape index (κ1) is 16.3. The van der Waals surface area contributed by atoms with E-state index in [0.29, 0.717) is 25.5 Å². The minimum atomic E-state index is -0.461. The monoisotopic (exact) mass is 358 g/mol. The molecular formula is C17H22N6OS. The first-order valence-corrected chi connectivity index (χ1v) is 9.89. The smallest absolute Gasteiger partial charge is 0.223 e. The van der Waals surface area contributed by atoms with Crippen LogP contribution in [-0.4, -0.2) is 51.4 Å². The minimum Gasteiger partial charge on any atom is -0.370 e. The Morgan fingerprint density at radius 2 is 2.12 bits per heavy atom. The summed E-state index contributed by atoms with van der Waals surface area (Å²) < 4.78 is 2.16. The summed E-state index contributed by atoms with van der Waals surface area (Å²) in [4.78, 5) is 23.7. The van der Waals surface area contributed by atoms with Crippen molar-refractivity contribution < 1.29 is 4.79 Å². The van der Waals surface area contributed by atoms with E-state index in [9.17, 15) is 4.79 Å². The highest BCUT2D eigenvalue weighted by molar-refractivity contribution is 7.98. The van der Waals surface area contributed by atoms with Gasteiger partial charge < -0.3 is 10.6 Å².